The Balaban J connectivity index is 1.91. The van der Waals surface area contributed by atoms with Crippen molar-refractivity contribution in [2.45, 2.75) is 31.5 Å². The van der Waals surface area contributed by atoms with Crippen LogP contribution in [0.4, 0.5) is 0 Å². The number of carbonyl (C=O) groups excluding carboxylic acids is 1. The summed E-state index contributed by atoms with van der Waals surface area (Å²) in [7, 11) is 0. The maximum absolute atomic E-state index is 12.2. The van der Waals surface area contributed by atoms with Crippen molar-refractivity contribution in [3.63, 3.8) is 0 Å². The topological polar surface area (TPSA) is 61.3 Å². The summed E-state index contributed by atoms with van der Waals surface area (Å²) in [5.41, 5.74) is 0.0655. The van der Waals surface area contributed by atoms with Gasteiger partial charge in [-0.25, -0.2) is 0 Å². The lowest BCUT2D eigenvalue weighted by atomic mass is 9.60. The minimum atomic E-state index is -0.531. The highest BCUT2D eigenvalue weighted by Crippen LogP contribution is 2.68. The highest BCUT2D eigenvalue weighted by atomic mass is 127. The molecule has 1 unspecified atom stereocenters. The molecule has 4 rings (SSSR count). The maximum Gasteiger partial charge on any atom is 0.315 e. The van der Waals surface area contributed by atoms with Crippen molar-refractivity contribution in [3.8, 4) is 0 Å². The van der Waals surface area contributed by atoms with E-state index in [1.54, 1.807) is 0 Å². The van der Waals surface area contributed by atoms with Gasteiger partial charge in [-0.15, -0.1) is 5.10 Å². The van der Waals surface area contributed by atoms with Crippen LogP contribution in [-0.4, -0.2) is 32.2 Å². The Morgan fingerprint density at radius 1 is 1.72 bits per heavy atom. The number of rotatable bonds is 4. The van der Waals surface area contributed by atoms with E-state index in [1.165, 1.54) is 11.5 Å². The van der Waals surface area contributed by atoms with Crippen molar-refractivity contribution >= 4 is 40.1 Å². The van der Waals surface area contributed by atoms with Gasteiger partial charge in [0, 0.05) is 9.81 Å². The summed E-state index contributed by atoms with van der Waals surface area (Å²) in [5.74, 6) is -0.152. The summed E-state index contributed by atoms with van der Waals surface area (Å²) in [6, 6.07) is 0. The highest BCUT2D eigenvalue weighted by molar-refractivity contribution is 14.1. The van der Waals surface area contributed by atoms with Crippen LogP contribution < -0.4 is 0 Å². The lowest BCUT2D eigenvalue weighted by molar-refractivity contribution is -0.161. The number of fused-ring (bicyclic) bond motifs is 1. The van der Waals surface area contributed by atoms with Gasteiger partial charge >= 0.3 is 5.97 Å². The van der Waals surface area contributed by atoms with E-state index in [2.05, 4.69) is 32.2 Å². The molecule has 1 saturated carbocycles. The number of nitrogens with zero attached hydrogens (tertiary/aromatic N) is 2. The van der Waals surface area contributed by atoms with Crippen molar-refractivity contribution in [3.05, 3.63) is 11.1 Å². The van der Waals surface area contributed by atoms with E-state index in [0.717, 1.165) is 23.0 Å². The monoisotopic (exact) mass is 380 g/mol. The third-order valence-corrected chi connectivity index (χ3v) is 5.63. The SMILES string of the molecule is CCOC(=O)C12CC(CI)(C1)OC2c1csnn1. The second-order valence-corrected chi connectivity index (χ2v) is 6.25. The second-order valence-electron chi connectivity index (χ2n) is 4.87. The number of alkyl halides is 1. The van der Waals surface area contributed by atoms with Gasteiger partial charge in [-0.2, -0.15) is 0 Å². The number of ether oxygens (including phenoxy) is 2. The van der Waals surface area contributed by atoms with Crippen molar-refractivity contribution in [1.82, 2.24) is 9.59 Å². The number of hydrogen-bond donors (Lipinski definition) is 0. The first-order valence-corrected chi connectivity index (χ1v) is 8.20. The average Bonchev–Trinajstić information content (AvgIpc) is 3.00. The molecule has 0 N–H and O–H groups in total. The zero-order chi connectivity index (χ0) is 12.8. The van der Waals surface area contributed by atoms with E-state index < -0.39 is 5.41 Å². The quantitative estimate of drug-likeness (QED) is 0.455. The maximum atomic E-state index is 12.2. The molecule has 2 bridgehead atoms. The van der Waals surface area contributed by atoms with Crippen LogP contribution in [0.25, 0.3) is 0 Å². The van der Waals surface area contributed by atoms with Crippen molar-refractivity contribution in [2.75, 3.05) is 11.0 Å². The first-order valence-electron chi connectivity index (χ1n) is 5.84. The fraction of sp³-hybridized carbons (Fsp3) is 0.727. The molecular weight excluding hydrogens is 367 g/mol. The van der Waals surface area contributed by atoms with E-state index in [0.29, 0.717) is 6.61 Å². The van der Waals surface area contributed by atoms with Crippen molar-refractivity contribution in [2.24, 2.45) is 5.41 Å². The lowest BCUT2D eigenvalue weighted by Gasteiger charge is -2.42. The Morgan fingerprint density at radius 3 is 3.06 bits per heavy atom. The van der Waals surface area contributed by atoms with Gasteiger partial charge in [0.05, 0.1) is 12.2 Å². The Morgan fingerprint density at radius 2 is 2.50 bits per heavy atom. The fourth-order valence-corrected chi connectivity index (χ4v) is 4.20. The number of aromatic nitrogens is 2. The molecule has 3 aliphatic rings. The van der Waals surface area contributed by atoms with Gasteiger partial charge in [-0.3, -0.25) is 4.79 Å². The lowest BCUT2D eigenvalue weighted by Crippen LogP contribution is -2.50. The first kappa shape index (κ1) is 12.7. The van der Waals surface area contributed by atoms with Crippen LogP contribution in [0.3, 0.4) is 0 Å². The van der Waals surface area contributed by atoms with Gasteiger partial charge in [0.1, 0.15) is 17.2 Å². The van der Waals surface area contributed by atoms with Gasteiger partial charge in [-0.05, 0) is 31.3 Å². The summed E-state index contributed by atoms with van der Waals surface area (Å²) in [6.45, 7) is 2.23. The molecule has 3 fully saturated rings. The predicted octanol–water partition coefficient (Wildman–Crippen LogP) is 2.13. The molecule has 18 heavy (non-hydrogen) atoms. The number of hydrogen-bond acceptors (Lipinski definition) is 6. The summed E-state index contributed by atoms with van der Waals surface area (Å²) in [5, 5.41) is 5.92. The van der Waals surface area contributed by atoms with Crippen LogP contribution in [0.15, 0.2) is 5.38 Å². The minimum Gasteiger partial charge on any atom is -0.465 e. The van der Waals surface area contributed by atoms with E-state index in [-0.39, 0.29) is 17.7 Å². The molecule has 0 amide bonds. The summed E-state index contributed by atoms with van der Waals surface area (Å²) < 4.78 is 16.1. The van der Waals surface area contributed by atoms with Gasteiger partial charge in [0.2, 0.25) is 0 Å². The third-order valence-electron chi connectivity index (χ3n) is 3.72. The van der Waals surface area contributed by atoms with Crippen LogP contribution in [0.5, 0.6) is 0 Å². The molecule has 1 atom stereocenters. The Kier molecular flexibility index (Phi) is 3.10. The molecule has 1 aromatic heterocycles. The summed E-state index contributed by atoms with van der Waals surface area (Å²) >= 11 is 3.60. The predicted molar refractivity (Wildman–Crippen MR) is 73.7 cm³/mol. The van der Waals surface area contributed by atoms with Gasteiger partial charge in [0.25, 0.3) is 0 Å². The van der Waals surface area contributed by atoms with Crippen molar-refractivity contribution < 1.29 is 14.3 Å². The summed E-state index contributed by atoms with van der Waals surface area (Å²) in [6.07, 6.45) is 1.19. The average molecular weight is 380 g/mol. The highest BCUT2D eigenvalue weighted by Gasteiger charge is 2.72. The molecule has 5 nitrogen and oxygen atoms in total. The van der Waals surface area contributed by atoms with Crippen molar-refractivity contribution in [1.29, 1.82) is 0 Å². The minimum absolute atomic E-state index is 0.152. The van der Waals surface area contributed by atoms with Gasteiger partial charge in [-0.1, -0.05) is 27.1 Å². The molecular formula is C11H13IN2O3S. The van der Waals surface area contributed by atoms with Gasteiger partial charge < -0.3 is 9.47 Å². The Hall–Kier alpha value is -0.280. The number of halogens is 1. The molecule has 2 aliphatic heterocycles. The fourth-order valence-electron chi connectivity index (χ4n) is 3.01. The van der Waals surface area contributed by atoms with E-state index in [1.807, 2.05) is 12.3 Å². The number of carbonyl (C=O) groups is 1. The van der Waals surface area contributed by atoms with Crippen LogP contribution in [0, 0.1) is 5.41 Å². The van der Waals surface area contributed by atoms with E-state index in [4.69, 9.17) is 9.47 Å². The van der Waals surface area contributed by atoms with Crippen LogP contribution in [0.2, 0.25) is 0 Å². The third kappa shape index (κ3) is 1.63. The largest absolute Gasteiger partial charge is 0.465 e. The van der Waals surface area contributed by atoms with Crippen LogP contribution in [-0.2, 0) is 14.3 Å². The van der Waals surface area contributed by atoms with E-state index >= 15 is 0 Å². The standard InChI is InChI=1S/C11H13IN2O3S/c1-2-16-9(15)11-4-10(5-11,6-12)17-8(11)7-3-18-14-13-7/h3,8H,2,4-6H2,1H3. The number of esters is 1. The molecule has 1 aromatic rings. The van der Waals surface area contributed by atoms with Crippen LogP contribution in [0.1, 0.15) is 31.6 Å². The normalized spacial score (nSPS) is 37.3. The molecule has 3 heterocycles. The van der Waals surface area contributed by atoms with Crippen LogP contribution >= 0.6 is 34.1 Å². The Bertz CT molecular complexity index is 459. The molecule has 7 heteroatoms. The molecule has 1 aliphatic carbocycles. The second kappa shape index (κ2) is 4.38. The molecule has 0 spiro atoms. The molecule has 0 aromatic carbocycles. The molecule has 98 valence electrons. The molecule has 2 saturated heterocycles. The zero-order valence-electron chi connectivity index (χ0n) is 9.89. The molecule has 0 radical (unpaired) electrons. The van der Waals surface area contributed by atoms with E-state index in [9.17, 15) is 4.79 Å². The smallest absolute Gasteiger partial charge is 0.315 e. The zero-order valence-corrected chi connectivity index (χ0v) is 12.9. The first-order chi connectivity index (χ1) is 8.66. The van der Waals surface area contributed by atoms with Gasteiger partial charge in [0.15, 0.2) is 0 Å². The summed E-state index contributed by atoms with van der Waals surface area (Å²) in [4.78, 5) is 12.2. The Labute approximate surface area is 123 Å².